The number of hydrogen-bond donors (Lipinski definition) is 0. The lowest BCUT2D eigenvalue weighted by molar-refractivity contribution is 0.0826. The second-order valence-electron chi connectivity index (χ2n) is 4.51. The Morgan fingerprint density at radius 3 is 2.38 bits per heavy atom. The van der Waals surface area contributed by atoms with Crippen LogP contribution >= 0.6 is 22.9 Å². The summed E-state index contributed by atoms with van der Waals surface area (Å²) in [4.78, 5) is 25.5. The summed E-state index contributed by atoms with van der Waals surface area (Å²) in [7, 11) is -1.24. The zero-order chi connectivity index (χ0) is 15.4. The van der Waals surface area contributed by atoms with E-state index < -0.39 is 16.7 Å². The Kier molecular flexibility index (Phi) is 5.45. The Morgan fingerprint density at radius 2 is 1.86 bits per heavy atom. The highest BCUT2D eigenvalue weighted by Crippen LogP contribution is 2.20. The van der Waals surface area contributed by atoms with Crippen LogP contribution in [0.25, 0.3) is 0 Å². The Hall–Kier alpha value is -1.30. The molecule has 1 aromatic carbocycles. The third-order valence-corrected chi connectivity index (χ3v) is 4.87. The summed E-state index contributed by atoms with van der Waals surface area (Å²) in [5.74, 6) is -1.49. The van der Waals surface area contributed by atoms with Gasteiger partial charge < -0.3 is 0 Å². The van der Waals surface area contributed by atoms with Crippen molar-refractivity contribution in [1.82, 2.24) is 0 Å². The van der Waals surface area contributed by atoms with E-state index >= 15 is 0 Å². The summed E-state index contributed by atoms with van der Waals surface area (Å²) in [5, 5.41) is 2.30. The second-order valence-corrected chi connectivity index (χ2v) is 7.37. The standard InChI is InChI=1S/C15H13ClO3S2/c1-21(19)9-12(15(18)13-3-2-8-20-13)14(17)10-4-6-11(16)7-5-10/h2-8,12H,9H2,1H3. The summed E-state index contributed by atoms with van der Waals surface area (Å²) < 4.78 is 11.5. The van der Waals surface area contributed by atoms with Gasteiger partial charge in [-0.2, -0.15) is 0 Å². The van der Waals surface area contributed by atoms with Gasteiger partial charge in [-0.1, -0.05) is 17.7 Å². The summed E-state index contributed by atoms with van der Waals surface area (Å²) in [5.41, 5.74) is 0.403. The molecule has 1 aromatic heterocycles. The molecule has 0 aliphatic rings. The van der Waals surface area contributed by atoms with Crippen LogP contribution in [-0.2, 0) is 10.8 Å². The smallest absolute Gasteiger partial charge is 0.184 e. The first-order valence-corrected chi connectivity index (χ1v) is 9.15. The fourth-order valence-corrected chi connectivity index (χ4v) is 3.53. The van der Waals surface area contributed by atoms with Crippen molar-refractivity contribution in [2.45, 2.75) is 0 Å². The number of halogens is 1. The van der Waals surface area contributed by atoms with E-state index in [0.29, 0.717) is 15.5 Å². The van der Waals surface area contributed by atoms with E-state index in [0.717, 1.165) is 0 Å². The average molecular weight is 341 g/mol. The SMILES string of the molecule is CS(=O)CC(C(=O)c1ccc(Cl)cc1)C(=O)c1cccs1. The van der Waals surface area contributed by atoms with Crippen LogP contribution in [-0.4, -0.2) is 27.8 Å². The highest BCUT2D eigenvalue weighted by molar-refractivity contribution is 7.84. The van der Waals surface area contributed by atoms with E-state index in [1.807, 2.05) is 0 Å². The van der Waals surface area contributed by atoms with E-state index in [1.54, 1.807) is 41.8 Å². The minimum absolute atomic E-state index is 0.0260. The molecule has 0 aliphatic heterocycles. The van der Waals surface area contributed by atoms with Crippen molar-refractivity contribution in [3.63, 3.8) is 0 Å². The molecule has 21 heavy (non-hydrogen) atoms. The van der Waals surface area contributed by atoms with Gasteiger partial charge >= 0.3 is 0 Å². The number of Topliss-reactive ketones (excluding diaryl/α,β-unsaturated/α-hetero) is 2. The number of ketones is 2. The highest BCUT2D eigenvalue weighted by atomic mass is 35.5. The third-order valence-electron chi connectivity index (χ3n) is 2.93. The average Bonchev–Trinajstić information content (AvgIpc) is 2.98. The number of carbonyl (C=O) groups is 2. The van der Waals surface area contributed by atoms with Gasteiger partial charge in [0.05, 0.1) is 10.8 Å². The van der Waals surface area contributed by atoms with E-state index in [2.05, 4.69) is 0 Å². The molecule has 2 atom stereocenters. The quantitative estimate of drug-likeness (QED) is 0.597. The Labute approximate surface area is 134 Å². The fraction of sp³-hybridized carbons (Fsp3) is 0.200. The molecule has 2 aromatic rings. The van der Waals surface area contributed by atoms with Gasteiger partial charge in [0.25, 0.3) is 0 Å². The van der Waals surface area contributed by atoms with Crippen LogP contribution in [0.4, 0.5) is 0 Å². The van der Waals surface area contributed by atoms with Crippen LogP contribution in [0.15, 0.2) is 41.8 Å². The number of hydrogen-bond acceptors (Lipinski definition) is 4. The predicted molar refractivity (Wildman–Crippen MR) is 86.9 cm³/mol. The van der Waals surface area contributed by atoms with Crippen molar-refractivity contribution in [2.75, 3.05) is 12.0 Å². The van der Waals surface area contributed by atoms with E-state index in [1.165, 1.54) is 17.6 Å². The molecule has 6 heteroatoms. The fourth-order valence-electron chi connectivity index (χ4n) is 1.91. The lowest BCUT2D eigenvalue weighted by Crippen LogP contribution is -2.29. The van der Waals surface area contributed by atoms with E-state index in [9.17, 15) is 13.8 Å². The molecule has 0 radical (unpaired) electrons. The summed E-state index contributed by atoms with van der Waals surface area (Å²) >= 11 is 7.08. The van der Waals surface area contributed by atoms with Crippen LogP contribution in [0.5, 0.6) is 0 Å². The topological polar surface area (TPSA) is 51.2 Å². The van der Waals surface area contributed by atoms with Crippen LogP contribution in [0, 0.1) is 5.92 Å². The molecule has 0 saturated heterocycles. The Bertz CT molecular complexity index is 663. The molecule has 3 nitrogen and oxygen atoms in total. The molecule has 1 heterocycles. The number of thiophene rings is 1. The van der Waals surface area contributed by atoms with Crippen LogP contribution in [0.2, 0.25) is 5.02 Å². The highest BCUT2D eigenvalue weighted by Gasteiger charge is 2.30. The molecule has 0 spiro atoms. The maximum absolute atomic E-state index is 12.5. The van der Waals surface area contributed by atoms with Gasteiger partial charge in [-0.3, -0.25) is 13.8 Å². The first-order chi connectivity index (χ1) is 9.99. The van der Waals surface area contributed by atoms with Crippen molar-refractivity contribution in [2.24, 2.45) is 5.92 Å². The minimum atomic E-state index is -1.24. The van der Waals surface area contributed by atoms with Crippen molar-refractivity contribution >= 4 is 45.3 Å². The maximum atomic E-state index is 12.5. The lowest BCUT2D eigenvalue weighted by Gasteiger charge is -2.12. The molecule has 110 valence electrons. The van der Waals surface area contributed by atoms with Crippen LogP contribution in [0.1, 0.15) is 20.0 Å². The normalized spacial score (nSPS) is 13.6. The van der Waals surface area contributed by atoms with Gasteiger partial charge in [0.15, 0.2) is 11.6 Å². The number of rotatable bonds is 6. The first-order valence-electron chi connectivity index (χ1n) is 6.16. The molecule has 0 N–H and O–H groups in total. The molecular weight excluding hydrogens is 328 g/mol. The summed E-state index contributed by atoms with van der Waals surface area (Å²) in [6, 6.07) is 9.79. The molecular formula is C15H13ClO3S2. The van der Waals surface area contributed by atoms with Crippen molar-refractivity contribution in [1.29, 1.82) is 0 Å². The first kappa shape index (κ1) is 16.1. The van der Waals surface area contributed by atoms with Gasteiger partial charge in [0.1, 0.15) is 0 Å². The van der Waals surface area contributed by atoms with Gasteiger partial charge in [-0.05, 0) is 35.7 Å². The molecule has 0 saturated carbocycles. The van der Waals surface area contributed by atoms with Crippen LogP contribution < -0.4 is 0 Å². The molecule has 2 rings (SSSR count). The zero-order valence-corrected chi connectivity index (χ0v) is 13.6. The monoisotopic (exact) mass is 340 g/mol. The van der Waals surface area contributed by atoms with E-state index in [4.69, 9.17) is 11.6 Å². The molecule has 2 unspecified atom stereocenters. The molecule has 0 amide bonds. The lowest BCUT2D eigenvalue weighted by atomic mass is 9.94. The number of carbonyl (C=O) groups excluding carboxylic acids is 2. The van der Waals surface area contributed by atoms with Gasteiger partial charge in [0.2, 0.25) is 0 Å². The second kappa shape index (κ2) is 7.11. The summed E-state index contributed by atoms with van der Waals surface area (Å²) in [6.07, 6.45) is 1.49. The Balaban J connectivity index is 2.31. The van der Waals surface area contributed by atoms with Gasteiger partial charge in [-0.25, -0.2) is 0 Å². The summed E-state index contributed by atoms with van der Waals surface area (Å²) in [6.45, 7) is 0. The van der Waals surface area contributed by atoms with Crippen molar-refractivity contribution in [3.8, 4) is 0 Å². The predicted octanol–water partition coefficient (Wildman–Crippen LogP) is 3.46. The number of benzene rings is 1. The third kappa shape index (κ3) is 4.09. The van der Waals surface area contributed by atoms with Gasteiger partial charge in [-0.15, -0.1) is 11.3 Å². The van der Waals surface area contributed by atoms with Crippen molar-refractivity contribution in [3.05, 3.63) is 57.2 Å². The van der Waals surface area contributed by atoms with Crippen LogP contribution in [0.3, 0.4) is 0 Å². The Morgan fingerprint density at radius 1 is 1.19 bits per heavy atom. The molecule has 0 fully saturated rings. The zero-order valence-electron chi connectivity index (χ0n) is 11.2. The molecule has 0 bridgehead atoms. The van der Waals surface area contributed by atoms with Crippen molar-refractivity contribution < 1.29 is 13.8 Å². The largest absolute Gasteiger partial charge is 0.293 e. The molecule has 0 aliphatic carbocycles. The van der Waals surface area contributed by atoms with Gasteiger partial charge in [0, 0.05) is 33.4 Å². The minimum Gasteiger partial charge on any atom is -0.293 e. The maximum Gasteiger partial charge on any atom is 0.184 e. The van der Waals surface area contributed by atoms with E-state index in [-0.39, 0.29) is 17.3 Å².